The fraction of sp³-hybridized carbons (Fsp3) is 0.600. The molecule has 1 saturated carbocycles. The summed E-state index contributed by atoms with van der Waals surface area (Å²) >= 11 is 12.1. The van der Waals surface area contributed by atoms with E-state index in [-0.39, 0.29) is 0 Å². The fourth-order valence-electron chi connectivity index (χ4n) is 3.52. The number of likely N-dealkylation sites (tertiary alicyclic amines) is 1. The summed E-state index contributed by atoms with van der Waals surface area (Å²) in [6.45, 7) is 2.16. The number of fused-ring (bicyclic) bond motifs is 2. The van der Waals surface area contributed by atoms with E-state index < -0.39 is 6.10 Å². The van der Waals surface area contributed by atoms with Gasteiger partial charge in [-0.3, -0.25) is 4.90 Å². The van der Waals surface area contributed by atoms with Gasteiger partial charge in [0.2, 0.25) is 0 Å². The van der Waals surface area contributed by atoms with Gasteiger partial charge in [-0.1, -0.05) is 35.3 Å². The van der Waals surface area contributed by atoms with Crippen molar-refractivity contribution in [3.05, 3.63) is 33.8 Å². The largest absolute Gasteiger partial charge is 0.388 e. The zero-order valence-corrected chi connectivity index (χ0v) is 12.4. The second kappa shape index (κ2) is 5.61. The van der Waals surface area contributed by atoms with Crippen LogP contribution in [-0.4, -0.2) is 29.1 Å². The summed E-state index contributed by atoms with van der Waals surface area (Å²) in [5.74, 6) is 0.900. The Kier molecular flexibility index (Phi) is 4.04. The number of benzene rings is 1. The minimum Gasteiger partial charge on any atom is -0.388 e. The quantitative estimate of drug-likeness (QED) is 0.911. The molecule has 0 radical (unpaired) electrons. The number of nitrogens with zero attached hydrogens (tertiary/aromatic N) is 1. The van der Waals surface area contributed by atoms with Crippen LogP contribution in [-0.2, 0) is 0 Å². The SMILES string of the molecule is OC(CCN1CC2CCC1C2)c1cccc(Cl)c1Cl. The molecule has 19 heavy (non-hydrogen) atoms. The Balaban J connectivity index is 1.59. The van der Waals surface area contributed by atoms with Gasteiger partial charge < -0.3 is 5.11 Å². The van der Waals surface area contributed by atoms with Crippen molar-refractivity contribution < 1.29 is 5.11 Å². The highest BCUT2D eigenvalue weighted by Crippen LogP contribution is 2.38. The topological polar surface area (TPSA) is 23.5 Å². The first-order valence-electron chi connectivity index (χ1n) is 7.01. The highest BCUT2D eigenvalue weighted by atomic mass is 35.5. The van der Waals surface area contributed by atoms with Gasteiger partial charge in [-0.05, 0) is 37.7 Å². The minimum absolute atomic E-state index is 0.486. The van der Waals surface area contributed by atoms with Gasteiger partial charge in [-0.25, -0.2) is 0 Å². The minimum atomic E-state index is -0.523. The van der Waals surface area contributed by atoms with Gasteiger partial charge in [0.1, 0.15) is 0 Å². The number of hydrogen-bond acceptors (Lipinski definition) is 2. The predicted octanol–water partition coefficient (Wildman–Crippen LogP) is 3.90. The van der Waals surface area contributed by atoms with E-state index in [1.807, 2.05) is 12.1 Å². The van der Waals surface area contributed by atoms with Gasteiger partial charge >= 0.3 is 0 Å². The molecule has 1 aliphatic carbocycles. The molecule has 2 fully saturated rings. The predicted molar refractivity (Wildman–Crippen MR) is 78.7 cm³/mol. The van der Waals surface area contributed by atoms with Gasteiger partial charge in [0, 0.05) is 24.7 Å². The summed E-state index contributed by atoms with van der Waals surface area (Å²) in [4.78, 5) is 2.52. The molecule has 1 heterocycles. The lowest BCUT2D eigenvalue weighted by molar-refractivity contribution is 0.129. The molecule has 4 heteroatoms. The molecule has 2 aliphatic rings. The summed E-state index contributed by atoms with van der Waals surface area (Å²) in [6, 6.07) is 6.20. The van der Waals surface area contributed by atoms with Crippen LogP contribution in [0.1, 0.15) is 37.4 Å². The van der Waals surface area contributed by atoms with Crippen molar-refractivity contribution in [1.82, 2.24) is 4.90 Å². The van der Waals surface area contributed by atoms with E-state index in [4.69, 9.17) is 23.2 Å². The van der Waals surface area contributed by atoms with Crippen LogP contribution in [0.3, 0.4) is 0 Å². The summed E-state index contributed by atoms with van der Waals surface area (Å²) < 4.78 is 0. The monoisotopic (exact) mass is 299 g/mol. The molecule has 1 N–H and O–H groups in total. The van der Waals surface area contributed by atoms with Crippen molar-refractivity contribution in [1.29, 1.82) is 0 Å². The molecular formula is C15H19Cl2NO. The molecule has 0 aromatic heterocycles. The van der Waals surface area contributed by atoms with E-state index >= 15 is 0 Å². The zero-order chi connectivity index (χ0) is 13.4. The third-order valence-corrected chi connectivity index (χ3v) is 5.39. The van der Waals surface area contributed by atoms with Crippen LogP contribution < -0.4 is 0 Å². The van der Waals surface area contributed by atoms with Crippen molar-refractivity contribution in [3.63, 3.8) is 0 Å². The Bertz CT molecular complexity index is 465. The number of hydrogen-bond donors (Lipinski definition) is 1. The first-order valence-corrected chi connectivity index (χ1v) is 7.76. The van der Waals surface area contributed by atoms with E-state index in [9.17, 15) is 5.11 Å². The smallest absolute Gasteiger partial charge is 0.0817 e. The molecule has 1 saturated heterocycles. The van der Waals surface area contributed by atoms with Gasteiger partial charge in [0.15, 0.2) is 0 Å². The molecule has 0 amide bonds. The molecule has 1 aromatic rings. The van der Waals surface area contributed by atoms with Crippen molar-refractivity contribution in [2.75, 3.05) is 13.1 Å². The average Bonchev–Trinajstić information content (AvgIpc) is 3.01. The van der Waals surface area contributed by atoms with Crippen molar-refractivity contribution in [2.45, 2.75) is 37.8 Å². The van der Waals surface area contributed by atoms with E-state index in [0.717, 1.165) is 30.5 Å². The van der Waals surface area contributed by atoms with Crippen LogP contribution in [0.25, 0.3) is 0 Å². The van der Waals surface area contributed by atoms with E-state index in [1.54, 1.807) is 6.07 Å². The number of aliphatic hydroxyl groups is 1. The maximum atomic E-state index is 10.3. The number of halogens is 2. The Morgan fingerprint density at radius 3 is 2.84 bits per heavy atom. The van der Waals surface area contributed by atoms with Gasteiger partial charge in [-0.2, -0.15) is 0 Å². The van der Waals surface area contributed by atoms with Gasteiger partial charge in [-0.15, -0.1) is 0 Å². The highest BCUT2D eigenvalue weighted by molar-refractivity contribution is 6.42. The van der Waals surface area contributed by atoms with Gasteiger partial charge in [0.25, 0.3) is 0 Å². The lowest BCUT2D eigenvalue weighted by Crippen LogP contribution is -2.33. The molecule has 2 bridgehead atoms. The Hall–Kier alpha value is -0.280. The molecular weight excluding hydrogens is 281 g/mol. The maximum absolute atomic E-state index is 10.3. The van der Waals surface area contributed by atoms with Crippen LogP contribution >= 0.6 is 23.2 Å². The first-order chi connectivity index (χ1) is 9.15. The summed E-state index contributed by atoms with van der Waals surface area (Å²) in [6.07, 6.45) is 4.28. The Morgan fingerprint density at radius 2 is 2.16 bits per heavy atom. The van der Waals surface area contributed by atoms with Gasteiger partial charge in [0.05, 0.1) is 16.1 Å². The summed E-state index contributed by atoms with van der Waals surface area (Å²) in [5.41, 5.74) is 0.749. The molecule has 1 aromatic carbocycles. The molecule has 0 spiro atoms. The first kappa shape index (κ1) is 13.7. The fourth-order valence-corrected chi connectivity index (χ4v) is 3.96. The number of aliphatic hydroxyl groups excluding tert-OH is 1. The Morgan fingerprint density at radius 1 is 1.32 bits per heavy atom. The third kappa shape index (κ3) is 2.78. The summed E-state index contributed by atoms with van der Waals surface area (Å²) in [7, 11) is 0. The normalized spacial score (nSPS) is 27.9. The number of rotatable bonds is 4. The molecule has 2 nitrogen and oxygen atoms in total. The van der Waals surface area contributed by atoms with Crippen LogP contribution in [0.4, 0.5) is 0 Å². The van der Waals surface area contributed by atoms with Crippen molar-refractivity contribution >= 4 is 23.2 Å². The van der Waals surface area contributed by atoms with Crippen molar-refractivity contribution in [2.24, 2.45) is 5.92 Å². The van der Waals surface area contributed by atoms with E-state index in [2.05, 4.69) is 4.90 Å². The third-order valence-electron chi connectivity index (χ3n) is 4.55. The van der Waals surface area contributed by atoms with E-state index in [1.165, 1.54) is 25.8 Å². The maximum Gasteiger partial charge on any atom is 0.0817 e. The molecule has 3 rings (SSSR count). The lowest BCUT2D eigenvalue weighted by atomic mass is 10.1. The van der Waals surface area contributed by atoms with E-state index in [0.29, 0.717) is 10.0 Å². The van der Waals surface area contributed by atoms with Crippen LogP contribution in [0.5, 0.6) is 0 Å². The second-order valence-electron chi connectivity index (χ2n) is 5.78. The second-order valence-corrected chi connectivity index (χ2v) is 6.56. The average molecular weight is 300 g/mol. The Labute approximate surface area is 124 Å². The number of piperidine rings is 1. The zero-order valence-electron chi connectivity index (χ0n) is 10.9. The molecule has 3 atom stereocenters. The molecule has 1 aliphatic heterocycles. The van der Waals surface area contributed by atoms with Crippen molar-refractivity contribution in [3.8, 4) is 0 Å². The molecule has 3 unspecified atom stereocenters. The standard InChI is InChI=1S/C15H19Cl2NO/c16-13-3-1-2-12(15(13)17)14(19)6-7-18-9-10-4-5-11(18)8-10/h1-3,10-11,14,19H,4-9H2. The van der Waals surface area contributed by atoms with Crippen LogP contribution in [0.2, 0.25) is 10.0 Å². The summed E-state index contributed by atoms with van der Waals surface area (Å²) in [5, 5.41) is 11.3. The lowest BCUT2D eigenvalue weighted by Gasteiger charge is -2.27. The highest BCUT2D eigenvalue weighted by Gasteiger charge is 2.37. The van der Waals surface area contributed by atoms with Crippen LogP contribution in [0.15, 0.2) is 18.2 Å². The van der Waals surface area contributed by atoms with Crippen LogP contribution in [0, 0.1) is 5.92 Å². The molecule has 104 valence electrons.